The molecule has 3 heteroatoms. The van der Waals surface area contributed by atoms with E-state index in [2.05, 4.69) is 35.3 Å². The molecule has 1 aliphatic heterocycles. The maximum Gasteiger partial charge on any atom is 0.119 e. The van der Waals surface area contributed by atoms with E-state index in [1.54, 1.807) is 7.11 Å². The Kier molecular flexibility index (Phi) is 6.34. The van der Waals surface area contributed by atoms with Crippen LogP contribution in [0.2, 0.25) is 0 Å². The van der Waals surface area contributed by atoms with Crippen molar-refractivity contribution in [3.8, 4) is 5.75 Å². The molecule has 1 aromatic rings. The van der Waals surface area contributed by atoms with Crippen LogP contribution < -0.4 is 10.1 Å². The predicted molar refractivity (Wildman–Crippen MR) is 84.3 cm³/mol. The minimum Gasteiger partial charge on any atom is -0.497 e. The molecule has 0 saturated carbocycles. The normalized spacial score (nSPS) is 18.5. The van der Waals surface area contributed by atoms with Crippen LogP contribution in [0.1, 0.15) is 44.2 Å². The number of hydrogen-bond donors (Lipinski definition) is 1. The summed E-state index contributed by atoms with van der Waals surface area (Å²) < 4.78 is 5.35. The van der Waals surface area contributed by atoms with Crippen LogP contribution in [0, 0.1) is 0 Å². The van der Waals surface area contributed by atoms with E-state index >= 15 is 0 Å². The first kappa shape index (κ1) is 15.3. The zero-order chi connectivity index (χ0) is 14.2. The first-order chi connectivity index (χ1) is 9.83. The largest absolute Gasteiger partial charge is 0.497 e. The van der Waals surface area contributed by atoms with Crippen LogP contribution in [0.15, 0.2) is 24.3 Å². The average Bonchev–Trinajstić information content (AvgIpc) is 2.75. The molecule has 1 fully saturated rings. The van der Waals surface area contributed by atoms with Crippen molar-refractivity contribution in [1.82, 2.24) is 10.2 Å². The Labute approximate surface area is 123 Å². The van der Waals surface area contributed by atoms with Crippen molar-refractivity contribution in [2.45, 2.75) is 38.6 Å². The second-order valence-corrected chi connectivity index (χ2v) is 5.60. The Bertz CT molecular complexity index is 386. The third kappa shape index (κ3) is 4.50. The molecular formula is C17H28N2O. The van der Waals surface area contributed by atoms with Gasteiger partial charge in [-0.3, -0.25) is 0 Å². The molecule has 0 aromatic heterocycles. The van der Waals surface area contributed by atoms with Crippen LogP contribution in [0.5, 0.6) is 5.75 Å². The standard InChI is InChI=1S/C17H28N2O/c1-3-18-17(14-19-11-6-4-5-7-12-19)15-9-8-10-16(13-15)20-2/h8-10,13,17-18H,3-7,11-12,14H2,1-2H3. The van der Waals surface area contributed by atoms with Crippen molar-refractivity contribution in [3.63, 3.8) is 0 Å². The fourth-order valence-corrected chi connectivity index (χ4v) is 2.97. The molecule has 1 saturated heterocycles. The van der Waals surface area contributed by atoms with Crippen LogP contribution >= 0.6 is 0 Å². The van der Waals surface area contributed by atoms with Gasteiger partial charge in [0.25, 0.3) is 0 Å². The lowest BCUT2D eigenvalue weighted by Gasteiger charge is -2.27. The van der Waals surface area contributed by atoms with Crippen LogP contribution in [0.4, 0.5) is 0 Å². The zero-order valence-electron chi connectivity index (χ0n) is 12.9. The molecule has 3 nitrogen and oxygen atoms in total. The highest BCUT2D eigenvalue weighted by molar-refractivity contribution is 5.30. The smallest absolute Gasteiger partial charge is 0.119 e. The second kappa shape index (κ2) is 8.28. The number of ether oxygens (including phenoxy) is 1. The third-order valence-electron chi connectivity index (χ3n) is 4.09. The third-order valence-corrected chi connectivity index (χ3v) is 4.09. The number of likely N-dealkylation sites (N-methyl/N-ethyl adjacent to an activating group) is 1. The van der Waals surface area contributed by atoms with Crippen LogP contribution in [-0.2, 0) is 0 Å². The molecule has 112 valence electrons. The van der Waals surface area contributed by atoms with E-state index in [0.29, 0.717) is 6.04 Å². The summed E-state index contributed by atoms with van der Waals surface area (Å²) in [6.45, 7) is 6.75. The fraction of sp³-hybridized carbons (Fsp3) is 0.647. The summed E-state index contributed by atoms with van der Waals surface area (Å²) >= 11 is 0. The van der Waals surface area contributed by atoms with Crippen LogP contribution in [0.25, 0.3) is 0 Å². The molecule has 0 amide bonds. The van der Waals surface area contributed by atoms with Gasteiger partial charge in [-0.05, 0) is 50.2 Å². The molecule has 1 heterocycles. The topological polar surface area (TPSA) is 24.5 Å². The first-order valence-electron chi connectivity index (χ1n) is 7.93. The highest BCUT2D eigenvalue weighted by atomic mass is 16.5. The maximum atomic E-state index is 5.35. The van der Waals surface area contributed by atoms with Gasteiger partial charge in [0.1, 0.15) is 5.75 Å². The number of likely N-dealkylation sites (tertiary alicyclic amines) is 1. The van der Waals surface area contributed by atoms with Gasteiger partial charge < -0.3 is 15.0 Å². The van der Waals surface area contributed by atoms with E-state index in [1.807, 2.05) is 6.07 Å². The molecule has 20 heavy (non-hydrogen) atoms. The van der Waals surface area contributed by atoms with Gasteiger partial charge in [-0.15, -0.1) is 0 Å². The lowest BCUT2D eigenvalue weighted by Crippen LogP contribution is -2.35. The van der Waals surface area contributed by atoms with Crippen molar-refractivity contribution in [3.05, 3.63) is 29.8 Å². The molecule has 1 aromatic carbocycles. The van der Waals surface area contributed by atoms with Crippen molar-refractivity contribution < 1.29 is 4.74 Å². The molecule has 1 unspecified atom stereocenters. The average molecular weight is 276 g/mol. The van der Waals surface area contributed by atoms with Crippen molar-refractivity contribution in [1.29, 1.82) is 0 Å². The minimum atomic E-state index is 0.396. The van der Waals surface area contributed by atoms with E-state index < -0.39 is 0 Å². The van der Waals surface area contributed by atoms with Crippen molar-refractivity contribution in [2.24, 2.45) is 0 Å². The quantitative estimate of drug-likeness (QED) is 0.863. The van der Waals surface area contributed by atoms with Gasteiger partial charge >= 0.3 is 0 Å². The van der Waals surface area contributed by atoms with Crippen LogP contribution in [-0.4, -0.2) is 38.2 Å². The second-order valence-electron chi connectivity index (χ2n) is 5.60. The highest BCUT2D eigenvalue weighted by Gasteiger charge is 2.17. The molecule has 0 bridgehead atoms. The first-order valence-corrected chi connectivity index (χ1v) is 7.93. The van der Waals surface area contributed by atoms with E-state index in [-0.39, 0.29) is 0 Å². The summed E-state index contributed by atoms with van der Waals surface area (Å²) in [6, 6.07) is 8.85. The number of hydrogen-bond acceptors (Lipinski definition) is 3. The summed E-state index contributed by atoms with van der Waals surface area (Å²) in [5.74, 6) is 0.946. The van der Waals surface area contributed by atoms with Gasteiger partial charge in [0.15, 0.2) is 0 Å². The number of benzene rings is 1. The number of nitrogens with one attached hydrogen (secondary N) is 1. The van der Waals surface area contributed by atoms with Gasteiger partial charge in [-0.25, -0.2) is 0 Å². The summed E-state index contributed by atoms with van der Waals surface area (Å²) in [5.41, 5.74) is 1.33. The van der Waals surface area contributed by atoms with Gasteiger partial charge in [-0.2, -0.15) is 0 Å². The molecule has 2 rings (SSSR count). The Hall–Kier alpha value is -1.06. The molecule has 0 spiro atoms. The Balaban J connectivity index is 2.04. The SMILES string of the molecule is CCNC(CN1CCCCCC1)c1cccc(OC)c1. The van der Waals surface area contributed by atoms with Crippen molar-refractivity contribution in [2.75, 3.05) is 33.3 Å². The van der Waals surface area contributed by atoms with E-state index in [9.17, 15) is 0 Å². The maximum absolute atomic E-state index is 5.35. The van der Waals surface area contributed by atoms with E-state index in [1.165, 1.54) is 44.3 Å². The van der Waals surface area contributed by atoms with Crippen LogP contribution in [0.3, 0.4) is 0 Å². The zero-order valence-corrected chi connectivity index (χ0v) is 12.9. The lowest BCUT2D eigenvalue weighted by molar-refractivity contribution is 0.252. The van der Waals surface area contributed by atoms with Gasteiger partial charge in [-0.1, -0.05) is 31.9 Å². The summed E-state index contributed by atoms with van der Waals surface area (Å²) in [4.78, 5) is 2.61. The fourth-order valence-electron chi connectivity index (χ4n) is 2.97. The van der Waals surface area contributed by atoms with Gasteiger partial charge in [0.2, 0.25) is 0 Å². The number of methoxy groups -OCH3 is 1. The predicted octanol–water partition coefficient (Wildman–Crippen LogP) is 3.22. The molecule has 0 aliphatic carbocycles. The number of nitrogens with zero attached hydrogens (tertiary/aromatic N) is 1. The molecule has 1 atom stereocenters. The minimum absolute atomic E-state index is 0.396. The summed E-state index contributed by atoms with van der Waals surface area (Å²) in [6.07, 6.45) is 5.47. The molecule has 1 N–H and O–H groups in total. The summed E-state index contributed by atoms with van der Waals surface area (Å²) in [5, 5.41) is 3.62. The lowest BCUT2D eigenvalue weighted by atomic mass is 10.1. The number of rotatable bonds is 6. The van der Waals surface area contributed by atoms with E-state index in [0.717, 1.165) is 18.8 Å². The Morgan fingerprint density at radius 1 is 1.20 bits per heavy atom. The highest BCUT2D eigenvalue weighted by Crippen LogP contribution is 2.21. The molecular weight excluding hydrogens is 248 g/mol. The van der Waals surface area contributed by atoms with E-state index in [4.69, 9.17) is 4.74 Å². The molecule has 1 aliphatic rings. The Morgan fingerprint density at radius 2 is 1.95 bits per heavy atom. The van der Waals surface area contributed by atoms with Crippen molar-refractivity contribution >= 4 is 0 Å². The van der Waals surface area contributed by atoms with Gasteiger partial charge in [0.05, 0.1) is 7.11 Å². The molecule has 0 radical (unpaired) electrons. The monoisotopic (exact) mass is 276 g/mol. The van der Waals surface area contributed by atoms with Gasteiger partial charge in [0, 0.05) is 12.6 Å². The summed E-state index contributed by atoms with van der Waals surface area (Å²) in [7, 11) is 1.73. The Morgan fingerprint density at radius 3 is 2.60 bits per heavy atom.